The zero-order valence-corrected chi connectivity index (χ0v) is 9.21. The molecule has 0 bridgehead atoms. The Bertz CT molecular complexity index is 387. The molecular weight excluding hydrogens is 188 g/mol. The largest absolute Gasteiger partial charge is 0.336 e. The predicted octanol–water partition coefficient (Wildman–Crippen LogP) is 2.09. The Labute approximate surface area is 90.1 Å². The van der Waals surface area contributed by atoms with Gasteiger partial charge in [0.25, 0.3) is 0 Å². The summed E-state index contributed by atoms with van der Waals surface area (Å²) in [5.41, 5.74) is 3.51. The summed E-state index contributed by atoms with van der Waals surface area (Å²) in [6.45, 7) is 5.69. The van der Waals surface area contributed by atoms with Crippen LogP contribution in [-0.2, 0) is 6.42 Å². The third-order valence-electron chi connectivity index (χ3n) is 2.83. The lowest BCUT2D eigenvalue weighted by Crippen LogP contribution is -2.29. The second kappa shape index (κ2) is 3.93. The van der Waals surface area contributed by atoms with E-state index in [0.717, 1.165) is 25.2 Å². The molecule has 1 N–H and O–H groups in total. The van der Waals surface area contributed by atoms with Crippen molar-refractivity contribution in [1.29, 1.82) is 0 Å². The van der Waals surface area contributed by atoms with Gasteiger partial charge in [0.2, 0.25) is 0 Å². The number of hydrogen-bond donors (Lipinski definition) is 1. The quantitative estimate of drug-likeness (QED) is 0.786. The van der Waals surface area contributed by atoms with Crippen LogP contribution >= 0.6 is 0 Å². The highest BCUT2D eigenvalue weighted by molar-refractivity contribution is 5.95. The zero-order chi connectivity index (χ0) is 10.8. The second-order valence-electron chi connectivity index (χ2n) is 3.82. The molecule has 0 saturated carbocycles. The first-order chi connectivity index (χ1) is 7.24. The van der Waals surface area contributed by atoms with Crippen molar-refractivity contribution >= 4 is 11.7 Å². The van der Waals surface area contributed by atoms with Gasteiger partial charge in [-0.15, -0.1) is 0 Å². The number of anilines is 1. The molecule has 0 spiro atoms. The number of amides is 2. The normalized spacial score (nSPS) is 15.6. The van der Waals surface area contributed by atoms with Crippen LogP contribution in [0.5, 0.6) is 0 Å². The van der Waals surface area contributed by atoms with Crippen LogP contribution in [0.3, 0.4) is 0 Å². The molecular formula is C12H16N2O. The molecule has 1 heterocycles. The Morgan fingerprint density at radius 3 is 2.87 bits per heavy atom. The van der Waals surface area contributed by atoms with Crippen LogP contribution in [0.1, 0.15) is 18.1 Å². The van der Waals surface area contributed by atoms with Crippen molar-refractivity contribution < 1.29 is 4.79 Å². The van der Waals surface area contributed by atoms with Crippen LogP contribution < -0.4 is 10.2 Å². The number of aryl methyl sites for hydroxylation is 2. The average Bonchev–Trinajstić information content (AvgIpc) is 2.64. The fourth-order valence-electron chi connectivity index (χ4n) is 2.08. The molecule has 2 rings (SSSR count). The molecule has 3 nitrogen and oxygen atoms in total. The summed E-state index contributed by atoms with van der Waals surface area (Å²) in [5, 5.41) is 2.83. The topological polar surface area (TPSA) is 32.3 Å². The molecule has 0 aliphatic carbocycles. The van der Waals surface area contributed by atoms with Crippen LogP contribution in [-0.4, -0.2) is 19.1 Å². The van der Waals surface area contributed by atoms with Crippen molar-refractivity contribution in [3.8, 4) is 0 Å². The zero-order valence-electron chi connectivity index (χ0n) is 9.21. The van der Waals surface area contributed by atoms with Crippen LogP contribution in [0.2, 0.25) is 0 Å². The van der Waals surface area contributed by atoms with Gasteiger partial charge in [0.1, 0.15) is 0 Å². The molecule has 0 radical (unpaired) electrons. The van der Waals surface area contributed by atoms with Gasteiger partial charge in [-0.3, -0.25) is 4.90 Å². The van der Waals surface area contributed by atoms with Gasteiger partial charge < -0.3 is 5.32 Å². The maximum Gasteiger partial charge on any atom is 0.322 e. The van der Waals surface area contributed by atoms with Gasteiger partial charge in [0.15, 0.2) is 0 Å². The van der Waals surface area contributed by atoms with E-state index >= 15 is 0 Å². The number of carbonyl (C=O) groups excluding carboxylic acids is 1. The number of benzene rings is 1. The van der Waals surface area contributed by atoms with E-state index < -0.39 is 0 Å². The van der Waals surface area contributed by atoms with E-state index in [1.807, 2.05) is 11.0 Å². The lowest BCUT2D eigenvalue weighted by atomic mass is 10.1. The smallest absolute Gasteiger partial charge is 0.322 e. The third kappa shape index (κ3) is 1.69. The predicted molar refractivity (Wildman–Crippen MR) is 61.3 cm³/mol. The SMILES string of the molecule is CCc1cccc(C)c1N1CCNC1=O. The Morgan fingerprint density at radius 1 is 1.47 bits per heavy atom. The summed E-state index contributed by atoms with van der Waals surface area (Å²) in [6.07, 6.45) is 0.959. The van der Waals surface area contributed by atoms with Gasteiger partial charge in [0.05, 0.1) is 5.69 Å². The van der Waals surface area contributed by atoms with Crippen LogP contribution in [0.15, 0.2) is 18.2 Å². The molecule has 15 heavy (non-hydrogen) atoms. The summed E-state index contributed by atoms with van der Waals surface area (Å²) >= 11 is 0. The third-order valence-corrected chi connectivity index (χ3v) is 2.83. The molecule has 80 valence electrons. The monoisotopic (exact) mass is 204 g/mol. The summed E-state index contributed by atoms with van der Waals surface area (Å²) < 4.78 is 0. The molecule has 3 heteroatoms. The molecule has 1 fully saturated rings. The van der Waals surface area contributed by atoms with Gasteiger partial charge in [-0.05, 0) is 24.5 Å². The summed E-state index contributed by atoms with van der Waals surface area (Å²) in [6, 6.07) is 6.22. The molecule has 1 aromatic rings. The van der Waals surface area contributed by atoms with Crippen molar-refractivity contribution in [3.05, 3.63) is 29.3 Å². The Kier molecular flexibility index (Phi) is 2.62. The van der Waals surface area contributed by atoms with Gasteiger partial charge in [-0.2, -0.15) is 0 Å². The van der Waals surface area contributed by atoms with E-state index in [1.165, 1.54) is 11.1 Å². The average molecular weight is 204 g/mol. The number of para-hydroxylation sites is 1. The number of nitrogens with zero attached hydrogens (tertiary/aromatic N) is 1. The molecule has 0 unspecified atom stereocenters. The highest BCUT2D eigenvalue weighted by Gasteiger charge is 2.24. The molecule has 0 aromatic heterocycles. The first kappa shape index (κ1) is 10.0. The highest BCUT2D eigenvalue weighted by atomic mass is 16.2. The van der Waals surface area contributed by atoms with E-state index in [4.69, 9.17) is 0 Å². The Balaban J connectivity index is 2.45. The van der Waals surface area contributed by atoms with Crippen LogP contribution in [0.4, 0.5) is 10.5 Å². The molecule has 2 amide bonds. The van der Waals surface area contributed by atoms with Crippen molar-refractivity contribution in [1.82, 2.24) is 5.32 Å². The van der Waals surface area contributed by atoms with E-state index in [2.05, 4.69) is 31.3 Å². The Hall–Kier alpha value is -1.51. The van der Waals surface area contributed by atoms with Crippen LogP contribution in [0, 0.1) is 6.92 Å². The van der Waals surface area contributed by atoms with Gasteiger partial charge >= 0.3 is 6.03 Å². The molecule has 0 atom stereocenters. The van der Waals surface area contributed by atoms with E-state index in [9.17, 15) is 4.79 Å². The van der Waals surface area contributed by atoms with Crippen molar-refractivity contribution in [2.45, 2.75) is 20.3 Å². The first-order valence-corrected chi connectivity index (χ1v) is 5.38. The summed E-state index contributed by atoms with van der Waals surface area (Å²) in [5.74, 6) is 0. The maximum absolute atomic E-state index is 11.6. The standard InChI is InChI=1S/C12H16N2O/c1-3-10-6-4-5-9(2)11(10)14-8-7-13-12(14)15/h4-6H,3,7-8H2,1-2H3,(H,13,15). The fourth-order valence-corrected chi connectivity index (χ4v) is 2.08. The lowest BCUT2D eigenvalue weighted by molar-refractivity contribution is 0.252. The van der Waals surface area contributed by atoms with E-state index in [1.54, 1.807) is 0 Å². The molecule has 1 aliphatic rings. The van der Waals surface area contributed by atoms with Gasteiger partial charge in [-0.25, -0.2) is 4.79 Å². The summed E-state index contributed by atoms with van der Waals surface area (Å²) in [4.78, 5) is 13.5. The lowest BCUT2D eigenvalue weighted by Gasteiger charge is -2.20. The minimum absolute atomic E-state index is 0.0269. The molecule has 1 saturated heterocycles. The Morgan fingerprint density at radius 2 is 2.27 bits per heavy atom. The van der Waals surface area contributed by atoms with Gasteiger partial charge in [-0.1, -0.05) is 25.1 Å². The van der Waals surface area contributed by atoms with Crippen molar-refractivity contribution in [3.63, 3.8) is 0 Å². The minimum Gasteiger partial charge on any atom is -0.336 e. The highest BCUT2D eigenvalue weighted by Crippen LogP contribution is 2.26. The number of hydrogen-bond acceptors (Lipinski definition) is 1. The van der Waals surface area contributed by atoms with E-state index in [-0.39, 0.29) is 6.03 Å². The van der Waals surface area contributed by atoms with E-state index in [0.29, 0.717) is 0 Å². The fraction of sp³-hybridized carbons (Fsp3) is 0.417. The number of nitrogens with one attached hydrogen (secondary N) is 1. The maximum atomic E-state index is 11.6. The molecule has 1 aromatic carbocycles. The number of rotatable bonds is 2. The van der Waals surface area contributed by atoms with Crippen molar-refractivity contribution in [2.24, 2.45) is 0 Å². The number of urea groups is 1. The van der Waals surface area contributed by atoms with Crippen molar-refractivity contribution in [2.75, 3.05) is 18.0 Å². The summed E-state index contributed by atoms with van der Waals surface area (Å²) in [7, 11) is 0. The van der Waals surface area contributed by atoms with Crippen LogP contribution in [0.25, 0.3) is 0 Å². The minimum atomic E-state index is 0.0269. The first-order valence-electron chi connectivity index (χ1n) is 5.38. The number of carbonyl (C=O) groups is 1. The van der Waals surface area contributed by atoms with Gasteiger partial charge in [0, 0.05) is 13.1 Å². The molecule has 1 aliphatic heterocycles. The second-order valence-corrected chi connectivity index (χ2v) is 3.82.